The lowest BCUT2D eigenvalue weighted by molar-refractivity contribution is 0.0947. The molecule has 1 amide bonds. The van der Waals surface area contributed by atoms with E-state index >= 15 is 0 Å². The summed E-state index contributed by atoms with van der Waals surface area (Å²) in [7, 11) is 0. The normalized spacial score (nSPS) is 14.2. The third-order valence-electron chi connectivity index (χ3n) is 3.94. The van der Waals surface area contributed by atoms with Crippen molar-refractivity contribution in [1.29, 1.82) is 0 Å². The molecule has 4 rings (SSSR count). The van der Waals surface area contributed by atoms with Crippen LogP contribution in [0.1, 0.15) is 34.9 Å². The predicted molar refractivity (Wildman–Crippen MR) is 84.3 cm³/mol. The molecule has 0 bridgehead atoms. The van der Waals surface area contributed by atoms with Crippen molar-refractivity contribution in [2.24, 2.45) is 0 Å². The highest BCUT2D eigenvalue weighted by atomic mass is 16.3. The second-order valence-corrected chi connectivity index (χ2v) is 5.75. The standard InChI is InChI=1S/C14H16N8O2/c15-14-18-11-10(13(24)19-14)17-6-22(11)4-3-16-12(23)9-5-8(20-21-9)7-1-2-7/h5-7H,1-4H2,(H,16,23)(H,20,21)(H3,15,18,19,24). The SMILES string of the molecule is Nc1nc(O)c2ncn(CCNC(=O)c3cc(C4CC4)n[nH]3)c2n1. The van der Waals surface area contributed by atoms with Gasteiger partial charge in [0.15, 0.2) is 11.2 Å². The number of aromatic hydroxyl groups is 1. The Morgan fingerprint density at radius 2 is 2.29 bits per heavy atom. The lowest BCUT2D eigenvalue weighted by Crippen LogP contribution is -2.27. The fourth-order valence-electron chi connectivity index (χ4n) is 2.54. The van der Waals surface area contributed by atoms with Gasteiger partial charge in [-0.3, -0.25) is 9.89 Å². The molecular weight excluding hydrogens is 312 g/mol. The maximum atomic E-state index is 12.1. The number of nitrogens with two attached hydrogens (primary N) is 1. The number of hydrogen-bond donors (Lipinski definition) is 4. The number of aromatic nitrogens is 6. The topological polar surface area (TPSA) is 148 Å². The first-order valence-electron chi connectivity index (χ1n) is 7.62. The van der Waals surface area contributed by atoms with Gasteiger partial charge in [0.1, 0.15) is 5.69 Å². The fraction of sp³-hybridized carbons (Fsp3) is 0.357. The number of amides is 1. The van der Waals surface area contributed by atoms with Gasteiger partial charge in [-0.2, -0.15) is 15.1 Å². The number of nitrogens with zero attached hydrogens (tertiary/aromatic N) is 5. The molecule has 24 heavy (non-hydrogen) atoms. The van der Waals surface area contributed by atoms with Crippen molar-refractivity contribution in [1.82, 2.24) is 35.0 Å². The summed E-state index contributed by atoms with van der Waals surface area (Å²) in [6.07, 6.45) is 3.79. The van der Waals surface area contributed by atoms with Crippen LogP contribution < -0.4 is 11.1 Å². The van der Waals surface area contributed by atoms with E-state index < -0.39 is 0 Å². The van der Waals surface area contributed by atoms with Gasteiger partial charge in [-0.1, -0.05) is 0 Å². The number of rotatable bonds is 5. The molecule has 124 valence electrons. The van der Waals surface area contributed by atoms with E-state index in [1.807, 2.05) is 0 Å². The van der Waals surface area contributed by atoms with Gasteiger partial charge in [0.25, 0.3) is 5.91 Å². The fourth-order valence-corrected chi connectivity index (χ4v) is 2.54. The molecule has 3 aromatic heterocycles. The van der Waals surface area contributed by atoms with E-state index in [-0.39, 0.29) is 23.3 Å². The zero-order valence-electron chi connectivity index (χ0n) is 12.7. The van der Waals surface area contributed by atoms with Crippen LogP contribution in [-0.2, 0) is 6.54 Å². The van der Waals surface area contributed by atoms with Crippen LogP contribution in [0.25, 0.3) is 11.2 Å². The van der Waals surface area contributed by atoms with Crippen LogP contribution in [0.3, 0.4) is 0 Å². The van der Waals surface area contributed by atoms with E-state index in [0.717, 1.165) is 18.5 Å². The number of carbonyl (C=O) groups is 1. The number of carbonyl (C=O) groups excluding carboxylic acids is 1. The highest BCUT2D eigenvalue weighted by molar-refractivity contribution is 5.92. The minimum absolute atomic E-state index is 0.0316. The highest BCUT2D eigenvalue weighted by Gasteiger charge is 2.26. The van der Waals surface area contributed by atoms with Gasteiger partial charge >= 0.3 is 0 Å². The van der Waals surface area contributed by atoms with E-state index in [2.05, 4.69) is 30.5 Å². The summed E-state index contributed by atoms with van der Waals surface area (Å²) in [4.78, 5) is 23.9. The number of nitrogen functional groups attached to an aromatic ring is 1. The number of H-pyrrole nitrogens is 1. The quantitative estimate of drug-likeness (QED) is 0.521. The monoisotopic (exact) mass is 328 g/mol. The van der Waals surface area contributed by atoms with Gasteiger partial charge in [0.05, 0.1) is 12.0 Å². The van der Waals surface area contributed by atoms with E-state index in [0.29, 0.717) is 30.3 Å². The number of imidazole rings is 1. The Bertz CT molecular complexity index is 911. The van der Waals surface area contributed by atoms with E-state index in [1.165, 1.54) is 6.33 Å². The highest BCUT2D eigenvalue weighted by Crippen LogP contribution is 2.38. The molecule has 5 N–H and O–H groups in total. The first-order valence-corrected chi connectivity index (χ1v) is 7.62. The summed E-state index contributed by atoms with van der Waals surface area (Å²) in [5, 5.41) is 19.4. The van der Waals surface area contributed by atoms with E-state index in [9.17, 15) is 9.90 Å². The van der Waals surface area contributed by atoms with Crippen LogP contribution in [-0.4, -0.2) is 47.3 Å². The Morgan fingerprint density at radius 3 is 3.08 bits per heavy atom. The average Bonchev–Trinajstić information content (AvgIpc) is 3.13. The molecule has 0 aromatic carbocycles. The van der Waals surface area contributed by atoms with Crippen molar-refractivity contribution >= 4 is 23.0 Å². The van der Waals surface area contributed by atoms with Crippen LogP contribution in [0.15, 0.2) is 12.4 Å². The summed E-state index contributed by atoms with van der Waals surface area (Å²) in [6, 6.07) is 1.80. The molecule has 1 saturated carbocycles. The van der Waals surface area contributed by atoms with Crippen molar-refractivity contribution in [3.63, 3.8) is 0 Å². The molecule has 3 heterocycles. The minimum atomic E-state index is -0.259. The maximum absolute atomic E-state index is 12.1. The first-order chi connectivity index (χ1) is 11.6. The first kappa shape index (κ1) is 14.4. The van der Waals surface area contributed by atoms with E-state index in [1.54, 1.807) is 10.6 Å². The van der Waals surface area contributed by atoms with Crippen LogP contribution in [0.2, 0.25) is 0 Å². The second-order valence-electron chi connectivity index (χ2n) is 5.75. The average molecular weight is 328 g/mol. The molecule has 0 aliphatic heterocycles. The van der Waals surface area contributed by atoms with Crippen LogP contribution >= 0.6 is 0 Å². The number of nitrogens with one attached hydrogen (secondary N) is 2. The maximum Gasteiger partial charge on any atom is 0.269 e. The molecule has 0 atom stereocenters. The lowest BCUT2D eigenvalue weighted by Gasteiger charge is -2.05. The molecule has 0 radical (unpaired) electrons. The third-order valence-corrected chi connectivity index (χ3v) is 3.94. The van der Waals surface area contributed by atoms with Crippen molar-refractivity contribution in [3.8, 4) is 5.88 Å². The van der Waals surface area contributed by atoms with Crippen LogP contribution in [0.4, 0.5) is 5.95 Å². The van der Waals surface area contributed by atoms with Gasteiger partial charge in [-0.25, -0.2) is 4.98 Å². The number of fused-ring (bicyclic) bond motifs is 1. The zero-order chi connectivity index (χ0) is 16.7. The lowest BCUT2D eigenvalue weighted by atomic mass is 10.2. The molecular formula is C14H16N8O2. The van der Waals surface area contributed by atoms with Crippen molar-refractivity contribution in [2.75, 3.05) is 12.3 Å². The summed E-state index contributed by atoms with van der Waals surface area (Å²) in [5.41, 5.74) is 7.64. The Morgan fingerprint density at radius 1 is 1.46 bits per heavy atom. The second kappa shape index (κ2) is 5.48. The van der Waals surface area contributed by atoms with Gasteiger partial charge in [-0.05, 0) is 18.9 Å². The van der Waals surface area contributed by atoms with Gasteiger partial charge in [0.2, 0.25) is 11.8 Å². The van der Waals surface area contributed by atoms with Crippen molar-refractivity contribution in [3.05, 3.63) is 23.8 Å². The minimum Gasteiger partial charge on any atom is -0.492 e. The molecule has 1 fully saturated rings. The molecule has 0 unspecified atom stereocenters. The predicted octanol–water partition coefficient (Wildman–Crippen LogP) is 0.145. The van der Waals surface area contributed by atoms with Gasteiger partial charge in [0, 0.05) is 19.0 Å². The van der Waals surface area contributed by atoms with Crippen molar-refractivity contribution < 1.29 is 9.90 Å². The molecule has 3 aromatic rings. The third kappa shape index (κ3) is 2.62. The Balaban J connectivity index is 1.40. The van der Waals surface area contributed by atoms with Gasteiger partial charge < -0.3 is 20.7 Å². The molecule has 0 saturated heterocycles. The molecule has 0 spiro atoms. The van der Waals surface area contributed by atoms with Crippen LogP contribution in [0.5, 0.6) is 5.88 Å². The largest absolute Gasteiger partial charge is 0.492 e. The summed E-state index contributed by atoms with van der Waals surface area (Å²) < 4.78 is 1.69. The molecule has 1 aliphatic carbocycles. The van der Waals surface area contributed by atoms with Crippen LogP contribution in [0, 0.1) is 0 Å². The Kier molecular flexibility index (Phi) is 3.29. The molecule has 10 heteroatoms. The Labute approximate surface area is 136 Å². The van der Waals surface area contributed by atoms with Gasteiger partial charge in [-0.15, -0.1) is 0 Å². The van der Waals surface area contributed by atoms with E-state index in [4.69, 9.17) is 5.73 Å². The number of aromatic amines is 1. The van der Waals surface area contributed by atoms with Crippen molar-refractivity contribution in [2.45, 2.75) is 25.3 Å². The molecule has 10 nitrogen and oxygen atoms in total. The summed E-state index contributed by atoms with van der Waals surface area (Å²) in [5.74, 6) is -0.00468. The Hall–Kier alpha value is -3.17. The summed E-state index contributed by atoms with van der Waals surface area (Å²) in [6.45, 7) is 0.800. The smallest absolute Gasteiger partial charge is 0.269 e. The molecule has 1 aliphatic rings. The zero-order valence-corrected chi connectivity index (χ0v) is 12.7. The number of anilines is 1. The summed E-state index contributed by atoms with van der Waals surface area (Å²) >= 11 is 0. The number of hydrogen-bond acceptors (Lipinski definition) is 7.